The van der Waals surface area contributed by atoms with E-state index in [1.165, 1.54) is 0 Å². The molecule has 3 aliphatic rings. The summed E-state index contributed by atoms with van der Waals surface area (Å²) in [5.41, 5.74) is -1.25. The zero-order valence-electron chi connectivity index (χ0n) is 24.3. The smallest absolute Gasteiger partial charge is 0.248 e. The molecule has 1 spiro atoms. The Morgan fingerprint density at radius 1 is 1.12 bits per heavy atom. The van der Waals surface area contributed by atoms with Crippen LogP contribution in [0.4, 0.5) is 5.69 Å². The van der Waals surface area contributed by atoms with Crippen molar-refractivity contribution in [2.75, 3.05) is 31.1 Å². The van der Waals surface area contributed by atoms with Gasteiger partial charge in [0.15, 0.2) is 0 Å². The van der Waals surface area contributed by atoms with Gasteiger partial charge in [0.2, 0.25) is 17.7 Å². The first kappa shape index (κ1) is 30.0. The van der Waals surface area contributed by atoms with Crippen LogP contribution in [0.1, 0.15) is 59.3 Å². The number of likely N-dealkylation sites (tertiary alicyclic amines) is 1. The summed E-state index contributed by atoms with van der Waals surface area (Å²) in [7, 11) is 0. The summed E-state index contributed by atoms with van der Waals surface area (Å²) in [6.45, 7) is 14.6. The van der Waals surface area contributed by atoms with Gasteiger partial charge in [-0.3, -0.25) is 14.4 Å². The maximum atomic E-state index is 14.5. The summed E-state index contributed by atoms with van der Waals surface area (Å²) in [6.07, 6.45) is 7.26. The lowest BCUT2D eigenvalue weighted by atomic mass is 9.64. The number of hydrogen-bond acceptors (Lipinski definition) is 5. The Morgan fingerprint density at radius 2 is 1.82 bits per heavy atom. The highest BCUT2D eigenvalue weighted by molar-refractivity contribution is 6.03. The van der Waals surface area contributed by atoms with Crippen LogP contribution in [0.15, 0.2) is 55.6 Å². The number of aliphatic hydroxyl groups excluding tert-OH is 1. The van der Waals surface area contributed by atoms with Crippen LogP contribution < -0.4 is 4.90 Å². The lowest BCUT2D eigenvalue weighted by molar-refractivity contribution is -0.156. The van der Waals surface area contributed by atoms with Crippen LogP contribution in [0.25, 0.3) is 0 Å². The van der Waals surface area contributed by atoms with Gasteiger partial charge < -0.3 is 24.5 Å². The Balaban J connectivity index is 1.84. The molecule has 218 valence electrons. The van der Waals surface area contributed by atoms with Gasteiger partial charge in [-0.05, 0) is 44.2 Å². The van der Waals surface area contributed by atoms with Gasteiger partial charge in [0.1, 0.15) is 11.6 Å². The van der Waals surface area contributed by atoms with Crippen LogP contribution in [-0.2, 0) is 19.1 Å². The Hall–Kier alpha value is -2.97. The molecule has 6 atom stereocenters. The van der Waals surface area contributed by atoms with Crippen molar-refractivity contribution in [3.8, 4) is 0 Å². The molecule has 2 bridgehead atoms. The van der Waals surface area contributed by atoms with Crippen molar-refractivity contribution in [3.05, 3.63) is 55.6 Å². The fraction of sp³-hybridized carbons (Fsp3) is 0.594. The minimum Gasteiger partial charge on any atom is -0.394 e. The van der Waals surface area contributed by atoms with Gasteiger partial charge in [0, 0.05) is 25.3 Å². The van der Waals surface area contributed by atoms with Crippen LogP contribution in [0.5, 0.6) is 0 Å². The highest BCUT2D eigenvalue weighted by atomic mass is 16.5. The van der Waals surface area contributed by atoms with E-state index in [1.54, 1.807) is 26.9 Å². The van der Waals surface area contributed by atoms with E-state index >= 15 is 0 Å². The van der Waals surface area contributed by atoms with Gasteiger partial charge in [0.05, 0.1) is 30.1 Å². The predicted octanol–water partition coefficient (Wildman–Crippen LogP) is 3.95. The number of fused-ring (bicyclic) bond motifs is 1. The highest BCUT2D eigenvalue weighted by Gasteiger charge is 2.79. The minimum atomic E-state index is -1.13. The Kier molecular flexibility index (Phi) is 9.20. The first-order chi connectivity index (χ1) is 19.3. The average Bonchev–Trinajstić information content (AvgIpc) is 3.58. The minimum absolute atomic E-state index is 0.188. The maximum absolute atomic E-state index is 14.5. The van der Waals surface area contributed by atoms with Gasteiger partial charge in [-0.2, -0.15) is 0 Å². The molecule has 0 aliphatic carbocycles. The van der Waals surface area contributed by atoms with Crippen molar-refractivity contribution in [3.63, 3.8) is 0 Å². The summed E-state index contributed by atoms with van der Waals surface area (Å²) < 4.78 is 6.93. The molecule has 4 rings (SSSR count). The number of carbonyl (C=O) groups excluding carboxylic acids is 3. The number of ether oxygens (including phenoxy) is 1. The third kappa shape index (κ3) is 4.69. The molecule has 40 heavy (non-hydrogen) atoms. The fourth-order valence-corrected chi connectivity index (χ4v) is 7.31. The van der Waals surface area contributed by atoms with Crippen LogP contribution in [0, 0.1) is 11.8 Å². The van der Waals surface area contributed by atoms with E-state index in [0.29, 0.717) is 38.8 Å². The van der Waals surface area contributed by atoms with Crippen molar-refractivity contribution in [1.29, 1.82) is 0 Å². The number of aliphatic hydroxyl groups is 1. The molecule has 3 amide bonds. The van der Waals surface area contributed by atoms with Crippen LogP contribution in [-0.4, -0.2) is 82.2 Å². The number of amides is 3. The molecule has 0 saturated carbocycles. The van der Waals surface area contributed by atoms with E-state index in [-0.39, 0.29) is 30.9 Å². The quantitative estimate of drug-likeness (QED) is 0.354. The topological polar surface area (TPSA) is 90.4 Å². The molecule has 3 fully saturated rings. The number of unbranched alkanes of at least 4 members (excludes halogenated alkanes) is 1. The largest absolute Gasteiger partial charge is 0.394 e. The second-order valence-electron chi connectivity index (χ2n) is 11.3. The van der Waals surface area contributed by atoms with E-state index in [0.717, 1.165) is 18.5 Å². The van der Waals surface area contributed by atoms with E-state index in [9.17, 15) is 19.5 Å². The summed E-state index contributed by atoms with van der Waals surface area (Å²) in [5, 5.41) is 10.3. The molecule has 3 saturated heterocycles. The van der Waals surface area contributed by atoms with E-state index in [2.05, 4.69) is 20.1 Å². The lowest BCUT2D eigenvalue weighted by Gasteiger charge is -2.39. The molecule has 0 radical (unpaired) electrons. The standard InChI is InChI=1S/C32H45N3O5/c1-6-11-21-33(19-7-2)30(39)27-32-18-17-31(10-5,40-32)25(26(32)29(38)35(27)23(9-4)22-36)28(37)34(20-8-3)24-15-13-12-14-16-24/h7-8,12-16,23,25-27,36H,2-3,6,9-11,17-22H2,1,4-5H3/t23-,25+,26-,27?,31-,32?/m0/s1. The number of para-hydroxylation sites is 1. The molecule has 2 unspecified atom stereocenters. The number of anilines is 1. The molecule has 0 aromatic heterocycles. The van der Waals surface area contributed by atoms with Crippen molar-refractivity contribution in [1.82, 2.24) is 9.80 Å². The maximum Gasteiger partial charge on any atom is 0.248 e. The van der Waals surface area contributed by atoms with Crippen LogP contribution >= 0.6 is 0 Å². The SMILES string of the molecule is C=CCN(CCCC)C(=O)C1N([C@@H](CC)CO)C(=O)[C@@H]2[C@H](C(=O)N(CC=C)c3ccccc3)[C@]3(CC)CCC12O3. The van der Waals surface area contributed by atoms with Gasteiger partial charge >= 0.3 is 0 Å². The zero-order valence-corrected chi connectivity index (χ0v) is 24.3. The fourth-order valence-electron chi connectivity index (χ4n) is 7.31. The summed E-state index contributed by atoms with van der Waals surface area (Å²) in [5.74, 6) is -2.21. The van der Waals surface area contributed by atoms with Gasteiger partial charge in [-0.15, -0.1) is 13.2 Å². The van der Waals surface area contributed by atoms with E-state index in [1.807, 2.05) is 44.2 Å². The molecule has 1 N–H and O–H groups in total. The Labute approximate surface area is 238 Å². The average molecular weight is 552 g/mol. The third-order valence-electron chi connectivity index (χ3n) is 9.28. The number of carbonyl (C=O) groups is 3. The summed E-state index contributed by atoms with van der Waals surface area (Å²) >= 11 is 0. The first-order valence-corrected chi connectivity index (χ1v) is 14.8. The molecular weight excluding hydrogens is 506 g/mol. The van der Waals surface area contributed by atoms with E-state index in [4.69, 9.17) is 4.74 Å². The molecular formula is C32H45N3O5. The predicted molar refractivity (Wildman–Crippen MR) is 156 cm³/mol. The summed E-state index contributed by atoms with van der Waals surface area (Å²) in [4.78, 5) is 48.4. The Morgan fingerprint density at radius 3 is 2.40 bits per heavy atom. The monoisotopic (exact) mass is 551 g/mol. The van der Waals surface area contributed by atoms with Crippen LogP contribution in [0.2, 0.25) is 0 Å². The van der Waals surface area contributed by atoms with Gasteiger partial charge in [-0.1, -0.05) is 57.5 Å². The molecule has 3 aliphatic heterocycles. The van der Waals surface area contributed by atoms with Crippen molar-refractivity contribution in [2.24, 2.45) is 11.8 Å². The highest BCUT2D eigenvalue weighted by Crippen LogP contribution is 2.65. The number of hydrogen-bond donors (Lipinski definition) is 1. The van der Waals surface area contributed by atoms with E-state index < -0.39 is 35.1 Å². The van der Waals surface area contributed by atoms with Crippen molar-refractivity contribution < 1.29 is 24.2 Å². The third-order valence-corrected chi connectivity index (χ3v) is 9.28. The number of benzene rings is 1. The molecule has 1 aromatic carbocycles. The molecule has 3 heterocycles. The second-order valence-corrected chi connectivity index (χ2v) is 11.3. The zero-order chi connectivity index (χ0) is 29.1. The number of rotatable bonds is 14. The Bertz CT molecular complexity index is 1110. The van der Waals surface area contributed by atoms with Crippen molar-refractivity contribution in [2.45, 2.75) is 82.6 Å². The van der Waals surface area contributed by atoms with Crippen LogP contribution in [0.3, 0.4) is 0 Å². The number of nitrogens with zero attached hydrogens (tertiary/aromatic N) is 3. The van der Waals surface area contributed by atoms with Gasteiger partial charge in [0.25, 0.3) is 0 Å². The van der Waals surface area contributed by atoms with Crippen molar-refractivity contribution >= 4 is 23.4 Å². The normalized spacial score (nSPS) is 29.2. The summed E-state index contributed by atoms with van der Waals surface area (Å²) in [6, 6.07) is 7.94. The molecule has 8 heteroatoms. The lowest BCUT2D eigenvalue weighted by Crippen LogP contribution is -2.59. The molecule has 1 aromatic rings. The first-order valence-electron chi connectivity index (χ1n) is 14.8. The van der Waals surface area contributed by atoms with Gasteiger partial charge in [-0.25, -0.2) is 0 Å². The second kappa shape index (κ2) is 12.3. The molecule has 8 nitrogen and oxygen atoms in total.